The molecule has 0 amide bonds. The van der Waals surface area contributed by atoms with E-state index in [9.17, 15) is 0 Å². The van der Waals surface area contributed by atoms with Crippen LogP contribution in [0.1, 0.15) is 29.3 Å². The van der Waals surface area contributed by atoms with E-state index >= 15 is 0 Å². The molecule has 0 N–H and O–H groups in total. The van der Waals surface area contributed by atoms with E-state index in [1.807, 2.05) is 6.07 Å². The van der Waals surface area contributed by atoms with E-state index in [0.717, 1.165) is 27.7 Å². The molecule has 0 spiro atoms. The summed E-state index contributed by atoms with van der Waals surface area (Å²) in [5, 5.41) is 0. The molecule has 106 valence electrons. The largest absolute Gasteiger partial charge is 0.492 e. The second kappa shape index (κ2) is 7.62. The summed E-state index contributed by atoms with van der Waals surface area (Å²) in [6, 6.07) is 14.5. The monoisotopic (exact) mass is 460 g/mol. The number of benzene rings is 2. The lowest BCUT2D eigenvalue weighted by molar-refractivity contribution is 0.315. The van der Waals surface area contributed by atoms with Crippen molar-refractivity contribution in [1.29, 1.82) is 0 Å². The Labute approximate surface area is 145 Å². The Hall–Kier alpha value is -0.320. The molecule has 1 atom stereocenters. The molecule has 0 aromatic heterocycles. The van der Waals surface area contributed by atoms with Crippen molar-refractivity contribution in [3.8, 4) is 5.75 Å². The van der Waals surface area contributed by atoms with Gasteiger partial charge in [-0.05, 0) is 57.7 Å². The zero-order valence-corrected chi connectivity index (χ0v) is 15.8. The maximum Gasteiger partial charge on any atom is 0.133 e. The van der Waals surface area contributed by atoms with E-state index in [0.29, 0.717) is 0 Å². The van der Waals surface area contributed by atoms with Crippen LogP contribution in [0.3, 0.4) is 0 Å². The normalized spacial score (nSPS) is 12.2. The third kappa shape index (κ3) is 4.09. The third-order valence-corrected chi connectivity index (χ3v) is 5.08. The molecule has 0 heterocycles. The van der Waals surface area contributed by atoms with E-state index in [-0.39, 0.29) is 4.83 Å². The van der Waals surface area contributed by atoms with Gasteiger partial charge in [-0.3, -0.25) is 0 Å². The molecule has 0 bridgehead atoms. The first kappa shape index (κ1) is 16.1. The molecule has 0 aliphatic heterocycles. The number of ether oxygens (including phenoxy) is 1. The standard InChI is InChI=1S/C16H15Br3O/c1-2-9-20-15-8-5-12(10-14(15)18)16(19)11-3-6-13(17)7-4-11/h3-8,10,16H,2,9H2,1H3. The maximum atomic E-state index is 5.67. The molecule has 2 rings (SSSR count). The van der Waals surface area contributed by atoms with Crippen LogP contribution >= 0.6 is 47.8 Å². The summed E-state index contributed by atoms with van der Waals surface area (Å²) in [7, 11) is 0. The van der Waals surface area contributed by atoms with Gasteiger partial charge >= 0.3 is 0 Å². The highest BCUT2D eigenvalue weighted by Crippen LogP contribution is 2.35. The van der Waals surface area contributed by atoms with Gasteiger partial charge in [-0.15, -0.1) is 0 Å². The molecule has 4 heteroatoms. The van der Waals surface area contributed by atoms with Gasteiger partial charge in [0, 0.05) is 4.47 Å². The average Bonchev–Trinajstić information content (AvgIpc) is 2.46. The lowest BCUT2D eigenvalue weighted by Gasteiger charge is -2.13. The van der Waals surface area contributed by atoms with Crippen molar-refractivity contribution in [1.82, 2.24) is 0 Å². The zero-order valence-electron chi connectivity index (χ0n) is 11.1. The molecular weight excluding hydrogens is 448 g/mol. The quantitative estimate of drug-likeness (QED) is 0.462. The van der Waals surface area contributed by atoms with Gasteiger partial charge in [0.1, 0.15) is 5.75 Å². The van der Waals surface area contributed by atoms with E-state index in [1.165, 1.54) is 11.1 Å². The number of hydrogen-bond acceptors (Lipinski definition) is 1. The summed E-state index contributed by atoms with van der Waals surface area (Å²) in [5.41, 5.74) is 2.42. The van der Waals surface area contributed by atoms with Gasteiger partial charge in [0.05, 0.1) is 15.9 Å². The van der Waals surface area contributed by atoms with E-state index in [2.05, 4.69) is 91.1 Å². The second-order valence-electron chi connectivity index (χ2n) is 4.45. The minimum Gasteiger partial charge on any atom is -0.492 e. The molecule has 0 radical (unpaired) electrons. The van der Waals surface area contributed by atoms with Crippen molar-refractivity contribution in [3.05, 3.63) is 62.5 Å². The van der Waals surface area contributed by atoms with Crippen molar-refractivity contribution in [2.24, 2.45) is 0 Å². The fraction of sp³-hybridized carbons (Fsp3) is 0.250. The Morgan fingerprint density at radius 3 is 2.25 bits per heavy atom. The molecule has 1 nitrogen and oxygen atoms in total. The van der Waals surface area contributed by atoms with Gasteiger partial charge in [-0.2, -0.15) is 0 Å². The predicted molar refractivity (Wildman–Crippen MR) is 94.8 cm³/mol. The summed E-state index contributed by atoms with van der Waals surface area (Å²) in [6.45, 7) is 2.84. The lowest BCUT2D eigenvalue weighted by Crippen LogP contribution is -1.97. The van der Waals surface area contributed by atoms with E-state index < -0.39 is 0 Å². The molecule has 2 aromatic carbocycles. The Bertz CT molecular complexity index is 566. The smallest absolute Gasteiger partial charge is 0.133 e. The van der Waals surface area contributed by atoms with E-state index in [1.54, 1.807) is 0 Å². The fourth-order valence-electron chi connectivity index (χ4n) is 1.83. The number of hydrogen-bond donors (Lipinski definition) is 0. The molecule has 0 saturated heterocycles. The molecule has 0 aliphatic carbocycles. The van der Waals surface area contributed by atoms with Crippen molar-refractivity contribution < 1.29 is 4.74 Å². The highest BCUT2D eigenvalue weighted by molar-refractivity contribution is 9.11. The van der Waals surface area contributed by atoms with Crippen LogP contribution in [0.4, 0.5) is 0 Å². The van der Waals surface area contributed by atoms with Gasteiger partial charge in [0.15, 0.2) is 0 Å². The van der Waals surface area contributed by atoms with Gasteiger partial charge < -0.3 is 4.74 Å². The Balaban J connectivity index is 2.20. The van der Waals surface area contributed by atoms with Gasteiger partial charge in [0.2, 0.25) is 0 Å². The molecule has 0 fully saturated rings. The van der Waals surface area contributed by atoms with Gasteiger partial charge in [0.25, 0.3) is 0 Å². The first-order valence-corrected chi connectivity index (χ1v) is 8.93. The van der Waals surface area contributed by atoms with Gasteiger partial charge in [-0.1, -0.05) is 57.0 Å². The van der Waals surface area contributed by atoms with Crippen molar-refractivity contribution in [3.63, 3.8) is 0 Å². The molecule has 2 aromatic rings. The first-order valence-electron chi connectivity index (χ1n) is 6.43. The molecule has 0 saturated carbocycles. The fourth-order valence-corrected chi connectivity index (χ4v) is 3.19. The number of alkyl halides is 1. The predicted octanol–water partition coefficient (Wildman–Crippen LogP) is 6.48. The summed E-state index contributed by atoms with van der Waals surface area (Å²) < 4.78 is 7.75. The molecule has 1 unspecified atom stereocenters. The van der Waals surface area contributed by atoms with Crippen LogP contribution in [0.5, 0.6) is 5.75 Å². The lowest BCUT2D eigenvalue weighted by atomic mass is 10.0. The van der Waals surface area contributed by atoms with Crippen LogP contribution < -0.4 is 4.74 Å². The minimum atomic E-state index is 0.173. The third-order valence-electron chi connectivity index (χ3n) is 2.87. The van der Waals surface area contributed by atoms with Crippen molar-refractivity contribution in [2.75, 3.05) is 6.61 Å². The van der Waals surface area contributed by atoms with Crippen molar-refractivity contribution in [2.45, 2.75) is 18.2 Å². The van der Waals surface area contributed by atoms with Crippen LogP contribution in [0, 0.1) is 0 Å². The van der Waals surface area contributed by atoms with Crippen LogP contribution in [0.25, 0.3) is 0 Å². The molecule has 20 heavy (non-hydrogen) atoms. The topological polar surface area (TPSA) is 9.23 Å². The summed E-state index contributed by atoms with van der Waals surface area (Å²) in [5.74, 6) is 0.895. The zero-order chi connectivity index (χ0) is 14.5. The summed E-state index contributed by atoms with van der Waals surface area (Å²) in [6.07, 6.45) is 1.01. The van der Waals surface area contributed by atoms with E-state index in [4.69, 9.17) is 4.74 Å². The first-order chi connectivity index (χ1) is 9.61. The number of halogens is 3. The summed E-state index contributed by atoms with van der Waals surface area (Å²) >= 11 is 10.8. The van der Waals surface area contributed by atoms with Crippen LogP contribution in [0.15, 0.2) is 51.4 Å². The minimum absolute atomic E-state index is 0.173. The second-order valence-corrected chi connectivity index (χ2v) is 7.14. The summed E-state index contributed by atoms with van der Waals surface area (Å²) in [4.78, 5) is 0.173. The van der Waals surface area contributed by atoms with Crippen LogP contribution in [-0.2, 0) is 0 Å². The molecule has 0 aliphatic rings. The maximum absolute atomic E-state index is 5.67. The Morgan fingerprint density at radius 2 is 1.65 bits per heavy atom. The highest BCUT2D eigenvalue weighted by atomic mass is 79.9. The number of rotatable bonds is 5. The SMILES string of the molecule is CCCOc1ccc(C(Br)c2ccc(Br)cc2)cc1Br. The average molecular weight is 463 g/mol. The highest BCUT2D eigenvalue weighted by Gasteiger charge is 2.12. The Kier molecular flexibility index (Phi) is 6.12. The Morgan fingerprint density at radius 1 is 1.00 bits per heavy atom. The van der Waals surface area contributed by atoms with Crippen LogP contribution in [-0.4, -0.2) is 6.61 Å². The van der Waals surface area contributed by atoms with Crippen molar-refractivity contribution >= 4 is 47.8 Å². The van der Waals surface area contributed by atoms with Crippen LogP contribution in [0.2, 0.25) is 0 Å². The molecular formula is C16H15Br3O. The van der Waals surface area contributed by atoms with Gasteiger partial charge in [-0.25, -0.2) is 0 Å².